The Balaban J connectivity index is 2.05. The van der Waals surface area contributed by atoms with Gasteiger partial charge in [0.15, 0.2) is 0 Å². The molecule has 12 heteroatoms. The topological polar surface area (TPSA) is 105 Å². The van der Waals surface area contributed by atoms with E-state index in [0.717, 1.165) is 12.1 Å². The summed E-state index contributed by atoms with van der Waals surface area (Å²) in [7, 11) is -5.17. The molecule has 0 spiro atoms. The van der Waals surface area contributed by atoms with E-state index in [1.165, 1.54) is 0 Å². The van der Waals surface area contributed by atoms with Crippen molar-refractivity contribution >= 4 is 21.8 Å². The van der Waals surface area contributed by atoms with Crippen LogP contribution in [-0.4, -0.2) is 34.4 Å². The number of rotatable bonds is 7. The molecule has 1 amide bonds. The summed E-state index contributed by atoms with van der Waals surface area (Å²) in [5, 5.41) is 14.5. The Morgan fingerprint density at radius 2 is 1.71 bits per heavy atom. The number of halogens is 3. The molecule has 0 saturated heterocycles. The van der Waals surface area contributed by atoms with Gasteiger partial charge in [-0.1, -0.05) is 13.8 Å². The summed E-state index contributed by atoms with van der Waals surface area (Å²) < 4.78 is 72.3. The minimum Gasteiger partial charge on any atom is -0.464 e. The minimum atomic E-state index is -5.17. The zero-order valence-corrected chi connectivity index (χ0v) is 21.4. The van der Waals surface area contributed by atoms with E-state index in [2.05, 4.69) is 10.1 Å². The zero-order valence-electron chi connectivity index (χ0n) is 20.6. The molecule has 0 radical (unpaired) electrons. The van der Waals surface area contributed by atoms with Crippen LogP contribution in [0.15, 0.2) is 66.0 Å². The lowest BCUT2D eigenvalue weighted by atomic mass is 9.90. The first-order valence-corrected chi connectivity index (χ1v) is 12.9. The zero-order chi connectivity index (χ0) is 27.8. The Hall–Kier alpha value is -4.19. The summed E-state index contributed by atoms with van der Waals surface area (Å²) in [5.41, 5.74) is 0.772. The van der Waals surface area contributed by atoms with Crippen molar-refractivity contribution in [3.8, 4) is 22.4 Å². The molecule has 4 aromatic rings. The summed E-state index contributed by atoms with van der Waals surface area (Å²) >= 11 is 0. The van der Waals surface area contributed by atoms with Gasteiger partial charge in [0, 0.05) is 36.3 Å². The predicted molar refractivity (Wildman–Crippen MR) is 135 cm³/mol. The third kappa shape index (κ3) is 4.74. The van der Waals surface area contributed by atoms with Crippen molar-refractivity contribution < 1.29 is 31.5 Å². The quantitative estimate of drug-likeness (QED) is 0.304. The summed E-state index contributed by atoms with van der Waals surface area (Å²) in [5.74, 6) is -3.81. The Morgan fingerprint density at radius 3 is 2.32 bits per heavy atom. The van der Waals surface area contributed by atoms with Crippen LogP contribution in [0.4, 0.5) is 23.7 Å². The molecule has 4 rings (SSSR count). The molecule has 0 bridgehead atoms. The predicted octanol–water partition coefficient (Wildman–Crippen LogP) is 6.05. The second-order valence-corrected chi connectivity index (χ2v) is 10.4. The SMILES string of the molecule is CCn1cc(-c2ccncc2)c(-c2c(F)ccc(N(C(=O)O)S(=O)(=O)c3cc(F)ccc3F)c2C(C)C)n1. The van der Waals surface area contributed by atoms with Gasteiger partial charge in [-0.25, -0.2) is 26.4 Å². The highest BCUT2D eigenvalue weighted by Gasteiger charge is 2.37. The molecule has 2 aromatic heterocycles. The summed E-state index contributed by atoms with van der Waals surface area (Å²) in [6.45, 7) is 5.51. The second kappa shape index (κ2) is 10.3. The van der Waals surface area contributed by atoms with Gasteiger partial charge in [-0.05, 0) is 66.4 Å². The molecular weight excluding hydrogens is 521 g/mol. The fraction of sp³-hybridized carbons (Fsp3) is 0.192. The summed E-state index contributed by atoms with van der Waals surface area (Å²) in [6, 6.07) is 6.98. The number of carboxylic acid groups (broad SMARTS) is 1. The van der Waals surface area contributed by atoms with Gasteiger partial charge in [0.1, 0.15) is 28.0 Å². The molecule has 0 aliphatic carbocycles. The second-order valence-electron chi connectivity index (χ2n) is 8.62. The van der Waals surface area contributed by atoms with Gasteiger partial charge in [0.25, 0.3) is 10.0 Å². The largest absolute Gasteiger partial charge is 0.464 e. The summed E-state index contributed by atoms with van der Waals surface area (Å²) in [4.78, 5) is 15.2. The maximum absolute atomic E-state index is 15.6. The minimum absolute atomic E-state index is 0.00412. The van der Waals surface area contributed by atoms with Crippen molar-refractivity contribution in [2.75, 3.05) is 4.31 Å². The highest BCUT2D eigenvalue weighted by molar-refractivity contribution is 7.93. The number of pyridine rings is 1. The molecule has 198 valence electrons. The van der Waals surface area contributed by atoms with Crippen molar-refractivity contribution in [2.24, 2.45) is 0 Å². The molecule has 0 aliphatic heterocycles. The first kappa shape index (κ1) is 26.9. The van der Waals surface area contributed by atoms with Crippen LogP contribution in [0.25, 0.3) is 22.4 Å². The molecule has 8 nitrogen and oxygen atoms in total. The Bertz CT molecular complexity index is 1620. The van der Waals surface area contributed by atoms with Crippen molar-refractivity contribution in [1.29, 1.82) is 0 Å². The van der Waals surface area contributed by atoms with Crippen molar-refractivity contribution in [3.63, 3.8) is 0 Å². The van der Waals surface area contributed by atoms with Gasteiger partial charge < -0.3 is 5.11 Å². The highest BCUT2D eigenvalue weighted by Crippen LogP contribution is 2.43. The van der Waals surface area contributed by atoms with Crippen molar-refractivity contribution in [1.82, 2.24) is 14.8 Å². The van der Waals surface area contributed by atoms with E-state index in [0.29, 0.717) is 35.9 Å². The molecule has 0 fully saturated rings. The van der Waals surface area contributed by atoms with E-state index in [1.807, 2.05) is 6.92 Å². The monoisotopic (exact) mass is 544 g/mol. The number of amides is 1. The van der Waals surface area contributed by atoms with Crippen LogP contribution in [0.2, 0.25) is 0 Å². The fourth-order valence-electron chi connectivity index (χ4n) is 4.20. The number of sulfonamides is 1. The van der Waals surface area contributed by atoms with E-state index < -0.39 is 50.1 Å². The van der Waals surface area contributed by atoms with E-state index in [9.17, 15) is 27.1 Å². The Labute approximate surface area is 217 Å². The van der Waals surface area contributed by atoms with Gasteiger partial charge in [-0.2, -0.15) is 9.40 Å². The number of hydrogen-bond acceptors (Lipinski definition) is 5. The molecular formula is C26H23F3N4O4S. The standard InChI is InChI=1S/C26H23F3N4O4S/c1-4-32-14-18(16-9-11-30-12-10-16)25(31-32)24-20(29)7-8-21(23(24)15(2)3)33(26(34)35)38(36,37)22-13-17(27)5-6-19(22)28/h5-15H,4H2,1-3H3,(H,34,35). The van der Waals surface area contributed by atoms with E-state index in [-0.39, 0.29) is 21.1 Å². The van der Waals surface area contributed by atoms with Crippen molar-refractivity contribution in [2.45, 2.75) is 38.1 Å². The maximum atomic E-state index is 15.6. The van der Waals surface area contributed by atoms with E-state index in [1.54, 1.807) is 49.3 Å². The molecule has 0 unspecified atom stereocenters. The van der Waals surface area contributed by atoms with Gasteiger partial charge in [0.05, 0.1) is 5.69 Å². The molecule has 0 aliphatic rings. The molecule has 38 heavy (non-hydrogen) atoms. The normalized spacial score (nSPS) is 11.7. The lowest BCUT2D eigenvalue weighted by Gasteiger charge is -2.26. The number of anilines is 1. The molecule has 2 aromatic carbocycles. The van der Waals surface area contributed by atoms with Gasteiger partial charge in [-0.3, -0.25) is 9.67 Å². The number of aryl methyl sites for hydroxylation is 1. The molecule has 2 heterocycles. The molecule has 0 atom stereocenters. The lowest BCUT2D eigenvalue weighted by molar-refractivity contribution is 0.206. The number of hydrogen-bond donors (Lipinski definition) is 1. The third-order valence-electron chi connectivity index (χ3n) is 5.87. The smallest absolute Gasteiger partial charge is 0.426 e. The lowest BCUT2D eigenvalue weighted by Crippen LogP contribution is -2.37. The summed E-state index contributed by atoms with van der Waals surface area (Å²) in [6.07, 6.45) is 2.80. The maximum Gasteiger partial charge on any atom is 0.426 e. The van der Waals surface area contributed by atoms with Crippen LogP contribution in [0.3, 0.4) is 0 Å². The van der Waals surface area contributed by atoms with Gasteiger partial charge in [0.2, 0.25) is 0 Å². The highest BCUT2D eigenvalue weighted by atomic mass is 32.2. The fourth-order valence-corrected chi connectivity index (χ4v) is 5.60. The third-order valence-corrected chi connectivity index (χ3v) is 7.57. The Kier molecular flexibility index (Phi) is 7.27. The van der Waals surface area contributed by atoms with Crippen LogP contribution < -0.4 is 4.31 Å². The number of benzene rings is 2. The van der Waals surface area contributed by atoms with Crippen LogP contribution in [-0.2, 0) is 16.6 Å². The first-order valence-electron chi connectivity index (χ1n) is 11.5. The average molecular weight is 545 g/mol. The van der Waals surface area contributed by atoms with Gasteiger partial charge in [-0.15, -0.1) is 0 Å². The average Bonchev–Trinajstić information content (AvgIpc) is 3.30. The van der Waals surface area contributed by atoms with Gasteiger partial charge >= 0.3 is 6.09 Å². The molecule has 0 saturated carbocycles. The molecule has 1 N–H and O–H groups in total. The number of nitrogens with zero attached hydrogens (tertiary/aromatic N) is 4. The van der Waals surface area contributed by atoms with Crippen LogP contribution in [0, 0.1) is 17.5 Å². The van der Waals surface area contributed by atoms with Crippen molar-refractivity contribution in [3.05, 3.63) is 84.1 Å². The Morgan fingerprint density at radius 1 is 1.05 bits per heavy atom. The van der Waals surface area contributed by atoms with E-state index in [4.69, 9.17) is 0 Å². The van der Waals surface area contributed by atoms with E-state index >= 15 is 4.39 Å². The van der Waals surface area contributed by atoms with Crippen LogP contribution in [0.5, 0.6) is 0 Å². The number of carbonyl (C=O) groups is 1. The van der Waals surface area contributed by atoms with Crippen LogP contribution >= 0.6 is 0 Å². The van der Waals surface area contributed by atoms with Crippen LogP contribution in [0.1, 0.15) is 32.3 Å². The first-order chi connectivity index (χ1) is 18.0. The number of aromatic nitrogens is 3.